The largest absolute Gasteiger partial charge is 0.444 e. The van der Waals surface area contributed by atoms with Gasteiger partial charge in [0.15, 0.2) is 5.65 Å². The smallest absolute Gasteiger partial charge is 0.416 e. The van der Waals surface area contributed by atoms with Crippen LogP contribution in [0.25, 0.3) is 16.9 Å². The second kappa shape index (κ2) is 12.5. The van der Waals surface area contributed by atoms with E-state index in [0.29, 0.717) is 23.7 Å². The van der Waals surface area contributed by atoms with E-state index in [4.69, 9.17) is 26.1 Å². The van der Waals surface area contributed by atoms with E-state index in [2.05, 4.69) is 15.3 Å². The van der Waals surface area contributed by atoms with Gasteiger partial charge in [0, 0.05) is 47.1 Å². The van der Waals surface area contributed by atoms with Crippen molar-refractivity contribution in [3.8, 4) is 11.3 Å². The Kier molecular flexibility index (Phi) is 8.93. The summed E-state index contributed by atoms with van der Waals surface area (Å²) in [5.74, 6) is -0.175. The van der Waals surface area contributed by atoms with Crippen LogP contribution in [-0.2, 0) is 16.0 Å². The maximum absolute atomic E-state index is 14.9. The minimum atomic E-state index is -0.792. The lowest BCUT2D eigenvalue weighted by Gasteiger charge is -2.28. The van der Waals surface area contributed by atoms with Crippen LogP contribution in [0.1, 0.15) is 53.5 Å². The number of halogens is 2. The first kappa shape index (κ1) is 32.0. The molecule has 1 saturated heterocycles. The second-order valence-electron chi connectivity index (χ2n) is 13.0. The van der Waals surface area contributed by atoms with Gasteiger partial charge < -0.3 is 19.7 Å². The third-order valence-corrected chi connectivity index (χ3v) is 7.25. The minimum Gasteiger partial charge on any atom is -0.444 e. The van der Waals surface area contributed by atoms with Crippen LogP contribution < -0.4 is 15.1 Å². The summed E-state index contributed by atoms with van der Waals surface area (Å²) >= 11 is 5.98. The van der Waals surface area contributed by atoms with E-state index < -0.39 is 29.2 Å². The maximum Gasteiger partial charge on any atom is 0.416 e. The molecule has 1 atom stereocenters. The number of ether oxygens (including phenoxy) is 2. The van der Waals surface area contributed by atoms with Crippen LogP contribution in [0, 0.1) is 5.82 Å². The third-order valence-electron chi connectivity index (χ3n) is 7.01. The standard InChI is InChI=1S/C33H38ClFN6O4/c1-32(2,3)44-30(42)37-24-14-16-39(20-24)25-11-8-21(9-12-25)27-18-29(41-28(38-27)13-15-36-41)40(31(43)45-33(4,5)6)19-22-7-10-23(34)17-26(22)35/h7-13,15,17-18,24H,14,16,19-20H2,1-6H3,(H,37,42). The van der Waals surface area contributed by atoms with E-state index in [1.165, 1.54) is 15.5 Å². The van der Waals surface area contributed by atoms with Crippen LogP contribution in [0.5, 0.6) is 0 Å². The first-order chi connectivity index (χ1) is 21.1. The quantitative estimate of drug-likeness (QED) is 0.238. The molecule has 0 aliphatic carbocycles. The van der Waals surface area contributed by atoms with Gasteiger partial charge in [-0.05, 0) is 72.2 Å². The van der Waals surface area contributed by atoms with Crippen LogP contribution in [-0.4, -0.2) is 57.1 Å². The molecule has 1 N–H and O–H groups in total. The van der Waals surface area contributed by atoms with Gasteiger partial charge in [-0.25, -0.2) is 19.0 Å². The van der Waals surface area contributed by atoms with E-state index in [1.807, 2.05) is 45.0 Å². The van der Waals surface area contributed by atoms with Gasteiger partial charge in [-0.2, -0.15) is 9.61 Å². The van der Waals surface area contributed by atoms with E-state index in [1.54, 1.807) is 51.2 Å². The molecule has 10 nitrogen and oxygen atoms in total. The lowest BCUT2D eigenvalue weighted by Crippen LogP contribution is -2.40. The van der Waals surface area contributed by atoms with E-state index in [9.17, 15) is 14.0 Å². The summed E-state index contributed by atoms with van der Waals surface area (Å²) < 4.78 is 27.6. The molecule has 2 aromatic heterocycles. The van der Waals surface area contributed by atoms with Crippen LogP contribution in [0.15, 0.2) is 60.8 Å². The molecule has 45 heavy (non-hydrogen) atoms. The molecule has 0 radical (unpaired) electrons. The van der Waals surface area contributed by atoms with Gasteiger partial charge in [-0.1, -0.05) is 29.8 Å². The summed E-state index contributed by atoms with van der Waals surface area (Å²) in [6.45, 7) is 12.2. The molecule has 0 saturated carbocycles. The van der Waals surface area contributed by atoms with Gasteiger partial charge in [0.05, 0.1) is 24.5 Å². The summed E-state index contributed by atoms with van der Waals surface area (Å²) in [4.78, 5) is 34.1. The van der Waals surface area contributed by atoms with Crippen LogP contribution in [0.2, 0.25) is 5.02 Å². The van der Waals surface area contributed by atoms with Crippen LogP contribution in [0.3, 0.4) is 0 Å². The summed E-state index contributed by atoms with van der Waals surface area (Å²) in [6.07, 6.45) is 1.31. The zero-order valence-corrected chi connectivity index (χ0v) is 27.1. The fourth-order valence-corrected chi connectivity index (χ4v) is 5.20. The summed E-state index contributed by atoms with van der Waals surface area (Å²) in [5, 5.41) is 7.60. The van der Waals surface area contributed by atoms with Gasteiger partial charge in [0.25, 0.3) is 0 Å². The molecule has 0 spiro atoms. The number of hydrogen-bond donors (Lipinski definition) is 1. The van der Waals surface area contributed by atoms with Gasteiger partial charge in [-0.15, -0.1) is 0 Å². The molecule has 12 heteroatoms. The molecule has 4 aromatic rings. The molecule has 2 aromatic carbocycles. The Balaban J connectivity index is 1.42. The molecule has 1 fully saturated rings. The monoisotopic (exact) mass is 636 g/mol. The number of rotatable bonds is 6. The summed E-state index contributed by atoms with van der Waals surface area (Å²) in [7, 11) is 0. The number of aromatic nitrogens is 3. The number of nitrogens with zero attached hydrogens (tertiary/aromatic N) is 5. The average Bonchev–Trinajstić information content (AvgIpc) is 3.60. The Morgan fingerprint density at radius 1 is 1.02 bits per heavy atom. The normalized spacial score (nSPS) is 15.3. The van der Waals surface area contributed by atoms with Crippen molar-refractivity contribution in [2.45, 2.75) is 71.8 Å². The van der Waals surface area contributed by atoms with E-state index in [0.717, 1.165) is 24.2 Å². The van der Waals surface area contributed by atoms with E-state index >= 15 is 0 Å². The molecule has 3 heterocycles. The highest BCUT2D eigenvalue weighted by Gasteiger charge is 2.29. The second-order valence-corrected chi connectivity index (χ2v) is 13.5. The van der Waals surface area contributed by atoms with Gasteiger partial charge in [-0.3, -0.25) is 4.90 Å². The molecule has 1 aliphatic heterocycles. The molecular formula is C33H38ClFN6O4. The highest BCUT2D eigenvalue weighted by molar-refractivity contribution is 6.30. The lowest BCUT2D eigenvalue weighted by molar-refractivity contribution is 0.0507. The molecule has 2 amide bonds. The van der Waals surface area contributed by atoms with Crippen molar-refractivity contribution < 1.29 is 23.5 Å². The molecular weight excluding hydrogens is 599 g/mol. The number of alkyl carbamates (subject to hydrolysis) is 1. The zero-order chi connectivity index (χ0) is 32.5. The molecule has 1 aliphatic rings. The fraction of sp³-hybridized carbons (Fsp3) is 0.394. The zero-order valence-electron chi connectivity index (χ0n) is 26.3. The lowest BCUT2D eigenvalue weighted by atomic mass is 10.1. The SMILES string of the molecule is CC(C)(C)OC(=O)NC1CCN(c2ccc(-c3cc(N(Cc4ccc(Cl)cc4F)C(=O)OC(C)(C)C)n4nccc4n3)cc2)C1. The number of benzene rings is 2. The van der Waals surface area contributed by atoms with Crippen molar-refractivity contribution in [2.75, 3.05) is 22.9 Å². The topological polar surface area (TPSA) is 101 Å². The first-order valence-electron chi connectivity index (χ1n) is 14.8. The Labute approximate surface area is 267 Å². The minimum absolute atomic E-state index is 0.0164. The summed E-state index contributed by atoms with van der Waals surface area (Å²) in [6, 6.07) is 15.7. The van der Waals surface area contributed by atoms with Crippen molar-refractivity contribution in [3.05, 3.63) is 77.2 Å². The first-order valence-corrected chi connectivity index (χ1v) is 15.2. The van der Waals surface area contributed by atoms with E-state index in [-0.39, 0.29) is 23.2 Å². The summed E-state index contributed by atoms with van der Waals surface area (Å²) in [5.41, 5.74) is 1.84. The maximum atomic E-state index is 14.9. The fourth-order valence-electron chi connectivity index (χ4n) is 5.04. The van der Waals surface area contributed by atoms with Crippen LogP contribution in [0.4, 0.5) is 25.5 Å². The number of nitrogens with one attached hydrogen (secondary N) is 1. The number of amides is 2. The third kappa shape index (κ3) is 8.02. The number of fused-ring (bicyclic) bond motifs is 1. The van der Waals surface area contributed by atoms with Crippen molar-refractivity contribution in [3.63, 3.8) is 0 Å². The Bertz CT molecular complexity index is 1700. The van der Waals surface area contributed by atoms with Crippen molar-refractivity contribution in [2.24, 2.45) is 0 Å². The van der Waals surface area contributed by atoms with Crippen molar-refractivity contribution in [1.82, 2.24) is 19.9 Å². The van der Waals surface area contributed by atoms with Crippen molar-refractivity contribution in [1.29, 1.82) is 0 Å². The van der Waals surface area contributed by atoms with Crippen LogP contribution >= 0.6 is 11.6 Å². The highest BCUT2D eigenvalue weighted by Crippen LogP contribution is 2.30. The van der Waals surface area contributed by atoms with Gasteiger partial charge in [0.1, 0.15) is 22.8 Å². The molecule has 0 bridgehead atoms. The number of anilines is 2. The number of carbonyl (C=O) groups is 2. The molecule has 1 unspecified atom stereocenters. The molecule has 238 valence electrons. The van der Waals surface area contributed by atoms with Crippen molar-refractivity contribution >= 4 is 40.9 Å². The predicted octanol–water partition coefficient (Wildman–Crippen LogP) is 7.23. The number of hydrogen-bond acceptors (Lipinski definition) is 7. The Morgan fingerprint density at radius 3 is 2.40 bits per heavy atom. The van der Waals surface area contributed by atoms with Gasteiger partial charge >= 0.3 is 12.2 Å². The number of carbonyl (C=O) groups excluding carboxylic acids is 2. The molecule has 5 rings (SSSR count). The highest BCUT2D eigenvalue weighted by atomic mass is 35.5. The Hall–Kier alpha value is -4.38. The van der Waals surface area contributed by atoms with Gasteiger partial charge in [0.2, 0.25) is 0 Å². The Morgan fingerprint density at radius 2 is 1.73 bits per heavy atom. The predicted molar refractivity (Wildman–Crippen MR) is 172 cm³/mol. The average molecular weight is 637 g/mol.